The van der Waals surface area contributed by atoms with Gasteiger partial charge < -0.3 is 4.74 Å². The SMILES string of the molecule is CC(C)OC(=O)[C@H]1C[C@@H](C#N)[C@@H](c2ccccc2)N1. The molecule has 1 aliphatic heterocycles. The van der Waals surface area contributed by atoms with Crippen molar-refractivity contribution in [1.82, 2.24) is 5.32 Å². The fourth-order valence-corrected chi connectivity index (χ4v) is 2.39. The van der Waals surface area contributed by atoms with E-state index in [1.807, 2.05) is 44.2 Å². The van der Waals surface area contributed by atoms with Gasteiger partial charge in [0.1, 0.15) is 6.04 Å². The Morgan fingerprint density at radius 1 is 1.42 bits per heavy atom. The molecular formula is C15H18N2O2. The number of hydrogen-bond donors (Lipinski definition) is 1. The monoisotopic (exact) mass is 258 g/mol. The van der Waals surface area contributed by atoms with Gasteiger partial charge in [-0.15, -0.1) is 0 Å². The standard InChI is InChI=1S/C15H18N2O2/c1-10(2)19-15(18)13-8-12(9-16)14(17-13)11-6-4-3-5-7-11/h3-7,10,12-14,17H,8H2,1-2H3/t12-,13+,14+/m0/s1. The second-order valence-corrected chi connectivity index (χ2v) is 5.06. The van der Waals surface area contributed by atoms with E-state index in [9.17, 15) is 10.1 Å². The summed E-state index contributed by atoms with van der Waals surface area (Å²) in [6, 6.07) is 11.5. The Hall–Kier alpha value is -1.86. The van der Waals surface area contributed by atoms with Crippen LogP contribution in [0.2, 0.25) is 0 Å². The molecule has 0 unspecified atom stereocenters. The minimum atomic E-state index is -0.391. The first kappa shape index (κ1) is 13.6. The van der Waals surface area contributed by atoms with Crippen LogP contribution in [0, 0.1) is 17.2 Å². The highest BCUT2D eigenvalue weighted by Gasteiger charge is 2.39. The van der Waals surface area contributed by atoms with E-state index in [0.29, 0.717) is 6.42 Å². The third-order valence-electron chi connectivity index (χ3n) is 3.23. The summed E-state index contributed by atoms with van der Waals surface area (Å²) in [7, 11) is 0. The van der Waals surface area contributed by atoms with Crippen LogP contribution in [0.4, 0.5) is 0 Å². The summed E-state index contributed by atoms with van der Waals surface area (Å²) in [5.74, 6) is -0.471. The quantitative estimate of drug-likeness (QED) is 0.844. The average Bonchev–Trinajstić information content (AvgIpc) is 2.83. The van der Waals surface area contributed by atoms with Gasteiger partial charge in [0.2, 0.25) is 0 Å². The van der Waals surface area contributed by atoms with Crippen molar-refractivity contribution in [3.05, 3.63) is 35.9 Å². The number of hydrogen-bond acceptors (Lipinski definition) is 4. The first-order valence-electron chi connectivity index (χ1n) is 6.53. The van der Waals surface area contributed by atoms with E-state index in [1.165, 1.54) is 0 Å². The van der Waals surface area contributed by atoms with E-state index in [4.69, 9.17) is 4.74 Å². The van der Waals surface area contributed by atoms with Crippen LogP contribution in [0.15, 0.2) is 30.3 Å². The number of esters is 1. The molecule has 3 atom stereocenters. The fraction of sp³-hybridized carbons (Fsp3) is 0.467. The number of nitrogens with zero attached hydrogens (tertiary/aromatic N) is 1. The predicted molar refractivity (Wildman–Crippen MR) is 71.1 cm³/mol. The van der Waals surface area contributed by atoms with Gasteiger partial charge in [-0.2, -0.15) is 5.26 Å². The smallest absolute Gasteiger partial charge is 0.323 e. The summed E-state index contributed by atoms with van der Waals surface area (Å²) in [5.41, 5.74) is 1.04. The lowest BCUT2D eigenvalue weighted by Gasteiger charge is -2.16. The number of carbonyl (C=O) groups is 1. The zero-order chi connectivity index (χ0) is 13.8. The Kier molecular flexibility index (Phi) is 4.18. The topological polar surface area (TPSA) is 62.1 Å². The first-order chi connectivity index (χ1) is 9.11. The molecule has 0 bridgehead atoms. The largest absolute Gasteiger partial charge is 0.462 e. The number of nitriles is 1. The third kappa shape index (κ3) is 3.12. The van der Waals surface area contributed by atoms with E-state index in [-0.39, 0.29) is 24.0 Å². The molecule has 1 fully saturated rings. The normalized spacial score (nSPS) is 26.1. The van der Waals surface area contributed by atoms with Gasteiger partial charge in [0.25, 0.3) is 0 Å². The van der Waals surface area contributed by atoms with Crippen molar-refractivity contribution in [2.24, 2.45) is 5.92 Å². The van der Waals surface area contributed by atoms with Crippen LogP contribution in [0.25, 0.3) is 0 Å². The molecule has 1 heterocycles. The molecule has 0 aliphatic carbocycles. The van der Waals surface area contributed by atoms with Crippen LogP contribution in [0.5, 0.6) is 0 Å². The van der Waals surface area contributed by atoms with Gasteiger partial charge in [0.05, 0.1) is 18.1 Å². The molecule has 4 heteroatoms. The maximum atomic E-state index is 11.9. The zero-order valence-electron chi connectivity index (χ0n) is 11.2. The molecule has 2 rings (SSSR count). The summed E-state index contributed by atoms with van der Waals surface area (Å²) >= 11 is 0. The van der Waals surface area contributed by atoms with E-state index < -0.39 is 6.04 Å². The maximum Gasteiger partial charge on any atom is 0.323 e. The summed E-state index contributed by atoms with van der Waals surface area (Å²) in [6.07, 6.45) is 0.368. The van der Waals surface area contributed by atoms with Crippen LogP contribution < -0.4 is 5.32 Å². The first-order valence-corrected chi connectivity index (χ1v) is 6.53. The summed E-state index contributed by atoms with van der Waals surface area (Å²) in [4.78, 5) is 11.9. The van der Waals surface area contributed by atoms with Gasteiger partial charge in [-0.1, -0.05) is 30.3 Å². The van der Waals surface area contributed by atoms with E-state index in [2.05, 4.69) is 11.4 Å². The minimum absolute atomic E-state index is 0.101. The summed E-state index contributed by atoms with van der Waals surface area (Å²) in [5, 5.41) is 12.5. The molecule has 1 aromatic rings. The van der Waals surface area contributed by atoms with Gasteiger partial charge in [0.15, 0.2) is 0 Å². The molecule has 0 aromatic heterocycles. The average molecular weight is 258 g/mol. The third-order valence-corrected chi connectivity index (χ3v) is 3.23. The van der Waals surface area contributed by atoms with Crippen LogP contribution in [-0.4, -0.2) is 18.1 Å². The van der Waals surface area contributed by atoms with Crippen molar-refractivity contribution in [2.75, 3.05) is 0 Å². The van der Waals surface area contributed by atoms with Gasteiger partial charge in [0, 0.05) is 6.04 Å². The lowest BCUT2D eigenvalue weighted by molar-refractivity contribution is -0.149. The van der Waals surface area contributed by atoms with E-state index >= 15 is 0 Å². The maximum absolute atomic E-state index is 11.9. The van der Waals surface area contributed by atoms with Gasteiger partial charge in [-0.3, -0.25) is 10.1 Å². The van der Waals surface area contributed by atoms with Crippen molar-refractivity contribution in [2.45, 2.75) is 38.5 Å². The molecule has 1 aromatic carbocycles. The van der Waals surface area contributed by atoms with Crippen LogP contribution in [0.3, 0.4) is 0 Å². The minimum Gasteiger partial charge on any atom is -0.462 e. The zero-order valence-corrected chi connectivity index (χ0v) is 11.2. The predicted octanol–water partition coefficient (Wildman–Crippen LogP) is 2.18. The molecule has 1 saturated heterocycles. The molecular weight excluding hydrogens is 240 g/mol. The van der Waals surface area contributed by atoms with Gasteiger partial charge in [-0.25, -0.2) is 0 Å². The second-order valence-electron chi connectivity index (χ2n) is 5.06. The molecule has 19 heavy (non-hydrogen) atoms. The van der Waals surface area contributed by atoms with Crippen molar-refractivity contribution in [1.29, 1.82) is 5.26 Å². The fourth-order valence-electron chi connectivity index (χ4n) is 2.39. The number of nitrogens with one attached hydrogen (secondary N) is 1. The Bertz CT molecular complexity index is 479. The van der Waals surface area contributed by atoms with Crippen LogP contribution in [0.1, 0.15) is 31.9 Å². The van der Waals surface area contributed by atoms with E-state index in [0.717, 1.165) is 5.56 Å². The highest BCUT2D eigenvalue weighted by Crippen LogP contribution is 2.32. The Morgan fingerprint density at radius 3 is 2.68 bits per heavy atom. The Morgan fingerprint density at radius 2 is 2.11 bits per heavy atom. The second kappa shape index (κ2) is 5.85. The van der Waals surface area contributed by atoms with Gasteiger partial charge >= 0.3 is 5.97 Å². The van der Waals surface area contributed by atoms with Crippen molar-refractivity contribution in [3.8, 4) is 6.07 Å². The molecule has 1 N–H and O–H groups in total. The summed E-state index contributed by atoms with van der Waals surface area (Å²) in [6.45, 7) is 3.65. The van der Waals surface area contributed by atoms with Gasteiger partial charge in [-0.05, 0) is 25.8 Å². The molecule has 1 aliphatic rings. The van der Waals surface area contributed by atoms with Crippen LogP contribution >= 0.6 is 0 Å². The molecule has 0 saturated carbocycles. The molecule has 0 radical (unpaired) electrons. The van der Waals surface area contributed by atoms with E-state index in [1.54, 1.807) is 0 Å². The molecule has 100 valence electrons. The van der Waals surface area contributed by atoms with Crippen molar-refractivity contribution in [3.63, 3.8) is 0 Å². The number of carbonyl (C=O) groups excluding carboxylic acids is 1. The highest BCUT2D eigenvalue weighted by molar-refractivity contribution is 5.76. The molecule has 4 nitrogen and oxygen atoms in total. The Balaban J connectivity index is 2.11. The molecule has 0 amide bonds. The van der Waals surface area contributed by atoms with Crippen molar-refractivity contribution < 1.29 is 9.53 Å². The number of ether oxygens (including phenoxy) is 1. The lowest BCUT2D eigenvalue weighted by Crippen LogP contribution is -2.35. The molecule has 0 spiro atoms. The number of rotatable bonds is 3. The lowest BCUT2D eigenvalue weighted by atomic mass is 9.95. The highest BCUT2D eigenvalue weighted by atomic mass is 16.5. The Labute approximate surface area is 113 Å². The number of benzene rings is 1. The summed E-state index contributed by atoms with van der Waals surface area (Å²) < 4.78 is 5.20. The van der Waals surface area contributed by atoms with Crippen LogP contribution in [-0.2, 0) is 9.53 Å². The van der Waals surface area contributed by atoms with Crippen molar-refractivity contribution >= 4 is 5.97 Å².